The monoisotopic (exact) mass is 331 g/mol. The van der Waals surface area contributed by atoms with Crippen molar-refractivity contribution in [3.8, 4) is 0 Å². The first-order valence-electron chi connectivity index (χ1n) is 8.40. The molecule has 5 heterocycles. The van der Waals surface area contributed by atoms with Crippen LogP contribution in [0.5, 0.6) is 0 Å². The molecule has 1 aromatic heterocycles. The van der Waals surface area contributed by atoms with Gasteiger partial charge in [0, 0.05) is 24.7 Å². The second-order valence-corrected chi connectivity index (χ2v) is 7.04. The number of aromatic nitrogens is 1. The lowest BCUT2D eigenvalue weighted by atomic mass is 9.75. The summed E-state index contributed by atoms with van der Waals surface area (Å²) in [6.45, 7) is 4.31. The molecule has 4 aliphatic rings. The number of rotatable bonds is 1. The van der Waals surface area contributed by atoms with Crippen LogP contribution in [0.15, 0.2) is 30.5 Å². The van der Waals surface area contributed by atoms with E-state index in [0.717, 1.165) is 18.6 Å². The standard InChI is InChI=1S/C18H21N3O.ClH/c22-18-16(15-11-20-7-4-12(15)5-8-20)19-10-14-3-1-2-13-6-9-21(18)17(13)14;/h1-3,6,9,12,15-16,19H,4-5,7-8,10-11H2;1H/t15?,16-;/m0./s1. The second-order valence-electron chi connectivity index (χ2n) is 7.04. The highest BCUT2D eigenvalue weighted by Crippen LogP contribution is 2.36. The summed E-state index contributed by atoms with van der Waals surface area (Å²) in [6, 6.07) is 8.34. The average molecular weight is 332 g/mol. The van der Waals surface area contributed by atoms with Crippen LogP contribution in [0.3, 0.4) is 0 Å². The van der Waals surface area contributed by atoms with E-state index in [0.29, 0.717) is 11.8 Å². The van der Waals surface area contributed by atoms with Crippen LogP contribution in [0.25, 0.3) is 10.9 Å². The number of carbonyl (C=O) groups excluding carboxylic acids is 1. The predicted molar refractivity (Wildman–Crippen MR) is 93.1 cm³/mol. The molecule has 4 nitrogen and oxygen atoms in total. The Balaban J connectivity index is 0.00000135. The fourth-order valence-electron chi connectivity index (χ4n) is 4.78. The van der Waals surface area contributed by atoms with Crippen LogP contribution < -0.4 is 5.32 Å². The highest BCUT2D eigenvalue weighted by atomic mass is 35.5. The van der Waals surface area contributed by atoms with Gasteiger partial charge in [-0.05, 0) is 49.4 Å². The number of carbonyl (C=O) groups is 1. The van der Waals surface area contributed by atoms with Gasteiger partial charge in [0.05, 0.1) is 11.6 Å². The molecule has 6 rings (SSSR count). The zero-order valence-corrected chi connectivity index (χ0v) is 13.9. The zero-order chi connectivity index (χ0) is 14.7. The van der Waals surface area contributed by atoms with Crippen molar-refractivity contribution in [1.82, 2.24) is 14.8 Å². The van der Waals surface area contributed by atoms with Crippen molar-refractivity contribution >= 4 is 29.2 Å². The number of nitrogens with zero attached hydrogens (tertiary/aromatic N) is 2. The lowest BCUT2D eigenvalue weighted by Crippen LogP contribution is -2.57. The molecule has 0 aliphatic carbocycles. The Bertz CT molecular complexity index is 748. The number of piperidine rings is 3. The fraction of sp³-hybridized carbons (Fsp3) is 0.500. The van der Waals surface area contributed by atoms with E-state index in [9.17, 15) is 4.79 Å². The molecule has 2 aromatic rings. The minimum absolute atomic E-state index is 0. The summed E-state index contributed by atoms with van der Waals surface area (Å²) in [6.07, 6.45) is 4.46. The van der Waals surface area contributed by atoms with Crippen LogP contribution in [0.1, 0.15) is 23.2 Å². The first-order valence-corrected chi connectivity index (χ1v) is 8.40. The molecule has 0 saturated carbocycles. The number of para-hydroxylation sites is 1. The van der Waals surface area contributed by atoms with Crippen LogP contribution in [0.4, 0.5) is 0 Å². The molecule has 4 aliphatic heterocycles. The summed E-state index contributed by atoms with van der Waals surface area (Å²) in [5.41, 5.74) is 2.34. The number of hydrogen-bond acceptors (Lipinski definition) is 3. The van der Waals surface area contributed by atoms with E-state index in [1.807, 2.05) is 10.8 Å². The molecule has 3 saturated heterocycles. The molecule has 0 radical (unpaired) electrons. The first-order chi connectivity index (χ1) is 10.8. The smallest absolute Gasteiger partial charge is 0.248 e. The molecule has 122 valence electrons. The lowest BCUT2D eigenvalue weighted by Gasteiger charge is -2.47. The zero-order valence-electron chi connectivity index (χ0n) is 13.1. The van der Waals surface area contributed by atoms with Crippen molar-refractivity contribution in [3.05, 3.63) is 36.0 Å². The van der Waals surface area contributed by atoms with Crippen LogP contribution in [-0.4, -0.2) is 41.1 Å². The molecule has 23 heavy (non-hydrogen) atoms. The summed E-state index contributed by atoms with van der Waals surface area (Å²) >= 11 is 0. The van der Waals surface area contributed by atoms with Gasteiger partial charge in [0.1, 0.15) is 0 Å². The maximum absolute atomic E-state index is 13.1. The SMILES string of the molecule is Cl.O=C1[C@H](C2CN3CCC2CC3)NCc2cccc3ccn1c23. The molecule has 1 N–H and O–H groups in total. The summed E-state index contributed by atoms with van der Waals surface area (Å²) in [5.74, 6) is 1.40. The van der Waals surface area contributed by atoms with Gasteiger partial charge in [0.15, 0.2) is 0 Å². The van der Waals surface area contributed by atoms with Crippen LogP contribution in [0, 0.1) is 11.8 Å². The third kappa shape index (κ3) is 2.24. The molecule has 3 fully saturated rings. The topological polar surface area (TPSA) is 37.3 Å². The Morgan fingerprint density at radius 1 is 1.13 bits per heavy atom. The van der Waals surface area contributed by atoms with Gasteiger partial charge in [0.25, 0.3) is 0 Å². The molecule has 0 amide bonds. The molecule has 2 bridgehead atoms. The van der Waals surface area contributed by atoms with E-state index in [-0.39, 0.29) is 24.4 Å². The van der Waals surface area contributed by atoms with Gasteiger partial charge in [-0.2, -0.15) is 0 Å². The quantitative estimate of drug-likeness (QED) is 0.872. The fourth-order valence-corrected chi connectivity index (χ4v) is 4.78. The Morgan fingerprint density at radius 3 is 2.70 bits per heavy atom. The van der Waals surface area contributed by atoms with Gasteiger partial charge in [-0.1, -0.05) is 18.2 Å². The van der Waals surface area contributed by atoms with E-state index in [1.165, 1.54) is 36.9 Å². The Hall–Kier alpha value is -1.36. The molecule has 1 aromatic carbocycles. The minimum Gasteiger partial charge on any atom is -0.303 e. The first kappa shape index (κ1) is 15.2. The Kier molecular flexibility index (Phi) is 3.71. The molecule has 5 heteroatoms. The largest absolute Gasteiger partial charge is 0.303 e. The summed E-state index contributed by atoms with van der Waals surface area (Å²) in [4.78, 5) is 15.7. The summed E-state index contributed by atoms with van der Waals surface area (Å²) < 4.78 is 1.90. The summed E-state index contributed by atoms with van der Waals surface area (Å²) in [7, 11) is 0. The van der Waals surface area contributed by atoms with Gasteiger partial charge >= 0.3 is 0 Å². The van der Waals surface area contributed by atoms with Crippen LogP contribution in [0.2, 0.25) is 0 Å². The van der Waals surface area contributed by atoms with Gasteiger partial charge in [0.2, 0.25) is 5.91 Å². The average Bonchev–Trinajstić information content (AvgIpc) is 2.94. The number of benzene rings is 1. The van der Waals surface area contributed by atoms with Gasteiger partial charge in [-0.25, -0.2) is 0 Å². The second kappa shape index (κ2) is 5.62. The molecular formula is C18H22ClN3O. The molecule has 2 atom stereocenters. The van der Waals surface area contributed by atoms with E-state index >= 15 is 0 Å². The molecular weight excluding hydrogens is 310 g/mol. The predicted octanol–water partition coefficient (Wildman–Crippen LogP) is 2.52. The van der Waals surface area contributed by atoms with E-state index in [1.54, 1.807) is 0 Å². The number of hydrogen-bond donors (Lipinski definition) is 1. The Morgan fingerprint density at radius 2 is 1.96 bits per heavy atom. The number of nitrogens with one attached hydrogen (secondary N) is 1. The molecule has 0 spiro atoms. The molecule has 1 unspecified atom stereocenters. The third-order valence-corrected chi connectivity index (χ3v) is 5.95. The Labute approximate surface area is 142 Å². The van der Waals surface area contributed by atoms with Crippen LogP contribution >= 0.6 is 12.4 Å². The van der Waals surface area contributed by atoms with Crippen molar-refractivity contribution in [1.29, 1.82) is 0 Å². The normalized spacial score (nSPS) is 32.6. The number of fused-ring (bicyclic) bond motifs is 3. The van der Waals surface area contributed by atoms with Crippen molar-refractivity contribution in [2.45, 2.75) is 25.4 Å². The maximum Gasteiger partial charge on any atom is 0.248 e. The summed E-state index contributed by atoms with van der Waals surface area (Å²) in [5, 5.41) is 4.75. The van der Waals surface area contributed by atoms with Gasteiger partial charge in [-0.3, -0.25) is 9.36 Å². The highest BCUT2D eigenvalue weighted by molar-refractivity contribution is 5.97. The van der Waals surface area contributed by atoms with Crippen molar-refractivity contribution in [2.24, 2.45) is 11.8 Å². The number of halogens is 1. The highest BCUT2D eigenvalue weighted by Gasteiger charge is 2.42. The van der Waals surface area contributed by atoms with Gasteiger partial charge < -0.3 is 10.2 Å². The van der Waals surface area contributed by atoms with Crippen molar-refractivity contribution < 1.29 is 4.79 Å². The van der Waals surface area contributed by atoms with E-state index in [4.69, 9.17) is 0 Å². The lowest BCUT2D eigenvalue weighted by molar-refractivity contribution is 0.0266. The van der Waals surface area contributed by atoms with E-state index < -0.39 is 0 Å². The third-order valence-electron chi connectivity index (χ3n) is 5.95. The van der Waals surface area contributed by atoms with Crippen LogP contribution in [-0.2, 0) is 6.54 Å². The van der Waals surface area contributed by atoms with Gasteiger partial charge in [-0.15, -0.1) is 12.4 Å². The van der Waals surface area contributed by atoms with Crippen molar-refractivity contribution in [3.63, 3.8) is 0 Å². The maximum atomic E-state index is 13.1. The van der Waals surface area contributed by atoms with E-state index in [2.05, 4.69) is 34.5 Å². The minimum atomic E-state index is -0.0453. The van der Waals surface area contributed by atoms with Crippen molar-refractivity contribution in [2.75, 3.05) is 19.6 Å².